The molecule has 0 saturated carbocycles. The molecule has 3 aromatic rings. The molecule has 0 aliphatic heterocycles. The first-order valence-corrected chi connectivity index (χ1v) is 6.29. The minimum Gasteiger partial charge on any atom is -0.354 e. The van der Waals surface area contributed by atoms with Crippen LogP contribution in [0.25, 0.3) is 22.3 Å². The number of nitrogens with zero attached hydrogens (tertiary/aromatic N) is 5. The van der Waals surface area contributed by atoms with Crippen LogP contribution in [0, 0.1) is 0 Å². The van der Waals surface area contributed by atoms with Crippen molar-refractivity contribution in [1.82, 2.24) is 29.9 Å². The van der Waals surface area contributed by atoms with Crippen molar-refractivity contribution in [2.45, 2.75) is 20.4 Å². The van der Waals surface area contributed by atoms with Gasteiger partial charge in [0.2, 0.25) is 5.95 Å². The third-order valence-electron chi connectivity index (χ3n) is 2.88. The first-order valence-electron chi connectivity index (χ1n) is 6.29. The van der Waals surface area contributed by atoms with Crippen LogP contribution in [0.3, 0.4) is 0 Å². The van der Waals surface area contributed by atoms with E-state index in [9.17, 15) is 0 Å². The van der Waals surface area contributed by atoms with Gasteiger partial charge in [-0.25, -0.2) is 4.98 Å². The first-order chi connectivity index (χ1) is 9.31. The zero-order chi connectivity index (χ0) is 13.2. The summed E-state index contributed by atoms with van der Waals surface area (Å²) in [4.78, 5) is 8.92. The molecule has 0 saturated heterocycles. The predicted octanol–water partition coefficient (Wildman–Crippen LogP) is 1.67. The number of hydrogen-bond acceptors (Lipinski definition) is 5. The Bertz CT molecular complexity index is 697. The molecule has 0 aliphatic carbocycles. The van der Waals surface area contributed by atoms with Crippen molar-refractivity contribution in [2.24, 2.45) is 0 Å². The molecule has 0 unspecified atom stereocenters. The Morgan fingerprint density at radius 2 is 2.16 bits per heavy atom. The van der Waals surface area contributed by atoms with Gasteiger partial charge in [-0.1, -0.05) is 0 Å². The lowest BCUT2D eigenvalue weighted by atomic mass is 10.2. The van der Waals surface area contributed by atoms with E-state index in [-0.39, 0.29) is 0 Å². The molecule has 3 rings (SSSR count). The second kappa shape index (κ2) is 4.68. The standard InChI is InChI=1S/C12H15N7/c1-3-13-12-16-10(8-5-15-19(4-2)7-8)9-6-14-18-11(9)17-12/h5-7H,3-4H2,1-2H3,(H2,13,14,16,17,18). The van der Waals surface area contributed by atoms with Crippen LogP contribution in [0.15, 0.2) is 18.6 Å². The van der Waals surface area contributed by atoms with Gasteiger partial charge in [0.1, 0.15) is 0 Å². The van der Waals surface area contributed by atoms with Crippen LogP contribution < -0.4 is 5.32 Å². The van der Waals surface area contributed by atoms with Crippen molar-refractivity contribution >= 4 is 17.0 Å². The third kappa shape index (κ3) is 2.03. The minimum absolute atomic E-state index is 0.596. The molecule has 98 valence electrons. The second-order valence-electron chi connectivity index (χ2n) is 4.14. The van der Waals surface area contributed by atoms with E-state index >= 15 is 0 Å². The van der Waals surface area contributed by atoms with Crippen LogP contribution in [0.4, 0.5) is 5.95 Å². The molecule has 0 radical (unpaired) electrons. The van der Waals surface area contributed by atoms with E-state index in [1.807, 2.05) is 30.9 Å². The number of H-pyrrole nitrogens is 1. The summed E-state index contributed by atoms with van der Waals surface area (Å²) in [7, 11) is 0. The Hall–Kier alpha value is -2.44. The normalized spacial score (nSPS) is 11.1. The first kappa shape index (κ1) is 11.6. The van der Waals surface area contributed by atoms with Gasteiger partial charge in [-0.3, -0.25) is 9.78 Å². The summed E-state index contributed by atoms with van der Waals surface area (Å²) in [5.41, 5.74) is 2.54. The zero-order valence-corrected chi connectivity index (χ0v) is 10.9. The molecule has 0 amide bonds. The van der Waals surface area contributed by atoms with Gasteiger partial charge >= 0.3 is 0 Å². The molecule has 0 aromatic carbocycles. The van der Waals surface area contributed by atoms with Gasteiger partial charge in [0.25, 0.3) is 0 Å². The number of rotatable bonds is 4. The third-order valence-corrected chi connectivity index (χ3v) is 2.88. The number of aromatic nitrogens is 6. The summed E-state index contributed by atoms with van der Waals surface area (Å²) >= 11 is 0. The highest BCUT2D eigenvalue weighted by atomic mass is 15.3. The highest BCUT2D eigenvalue weighted by molar-refractivity contribution is 5.90. The molecule has 0 atom stereocenters. The summed E-state index contributed by atoms with van der Waals surface area (Å²) in [5.74, 6) is 0.596. The van der Waals surface area contributed by atoms with Crippen molar-refractivity contribution in [3.05, 3.63) is 18.6 Å². The van der Waals surface area contributed by atoms with Crippen molar-refractivity contribution in [3.8, 4) is 11.3 Å². The Kier molecular flexibility index (Phi) is 2.86. The Labute approximate surface area is 110 Å². The van der Waals surface area contributed by atoms with E-state index in [0.29, 0.717) is 5.95 Å². The quantitative estimate of drug-likeness (QED) is 0.742. The SMILES string of the molecule is CCNc1nc(-c2cnn(CC)c2)c2cn[nH]c2n1. The maximum Gasteiger partial charge on any atom is 0.225 e. The average Bonchev–Trinajstić information content (AvgIpc) is 3.06. The fourth-order valence-electron chi connectivity index (χ4n) is 1.95. The van der Waals surface area contributed by atoms with Crippen molar-refractivity contribution in [2.75, 3.05) is 11.9 Å². The zero-order valence-electron chi connectivity index (χ0n) is 10.9. The highest BCUT2D eigenvalue weighted by Gasteiger charge is 2.12. The van der Waals surface area contributed by atoms with Crippen molar-refractivity contribution < 1.29 is 0 Å². The molecule has 19 heavy (non-hydrogen) atoms. The maximum atomic E-state index is 4.55. The Morgan fingerprint density at radius 1 is 1.26 bits per heavy atom. The molecule has 0 fully saturated rings. The van der Waals surface area contributed by atoms with Crippen LogP contribution in [0.2, 0.25) is 0 Å². The predicted molar refractivity (Wildman–Crippen MR) is 72.7 cm³/mol. The summed E-state index contributed by atoms with van der Waals surface area (Å²) in [6, 6.07) is 0. The lowest BCUT2D eigenvalue weighted by molar-refractivity contribution is 0.660. The number of hydrogen-bond donors (Lipinski definition) is 2. The van der Waals surface area contributed by atoms with Gasteiger partial charge < -0.3 is 5.32 Å². The molecule has 7 nitrogen and oxygen atoms in total. The Balaban J connectivity index is 2.17. The molecule has 2 N–H and O–H groups in total. The molecule has 0 bridgehead atoms. The van der Waals surface area contributed by atoms with Gasteiger partial charge in [0.15, 0.2) is 5.65 Å². The van der Waals surface area contributed by atoms with E-state index in [2.05, 4.69) is 30.6 Å². The van der Waals surface area contributed by atoms with Gasteiger partial charge in [0, 0.05) is 24.8 Å². The summed E-state index contributed by atoms with van der Waals surface area (Å²) in [6.07, 6.45) is 5.53. The van der Waals surface area contributed by atoms with E-state index < -0.39 is 0 Å². The molecule has 3 aromatic heterocycles. The molecule has 0 spiro atoms. The van der Waals surface area contributed by atoms with E-state index in [1.165, 1.54) is 0 Å². The van der Waals surface area contributed by atoms with E-state index in [0.717, 1.165) is 35.4 Å². The molecule has 3 heterocycles. The minimum atomic E-state index is 0.596. The molecular formula is C12H15N7. The average molecular weight is 257 g/mol. The monoisotopic (exact) mass is 257 g/mol. The topological polar surface area (TPSA) is 84.3 Å². The van der Waals surface area contributed by atoms with Crippen LogP contribution >= 0.6 is 0 Å². The largest absolute Gasteiger partial charge is 0.354 e. The van der Waals surface area contributed by atoms with Crippen LogP contribution in [0.1, 0.15) is 13.8 Å². The van der Waals surface area contributed by atoms with Crippen LogP contribution in [0.5, 0.6) is 0 Å². The number of nitrogens with one attached hydrogen (secondary N) is 2. The lowest BCUT2D eigenvalue weighted by Gasteiger charge is -2.04. The molecule has 0 aliphatic rings. The second-order valence-corrected chi connectivity index (χ2v) is 4.14. The smallest absolute Gasteiger partial charge is 0.225 e. The number of anilines is 1. The number of fused-ring (bicyclic) bond motifs is 1. The summed E-state index contributed by atoms with van der Waals surface area (Å²) in [5, 5.41) is 15.2. The van der Waals surface area contributed by atoms with E-state index in [1.54, 1.807) is 6.20 Å². The van der Waals surface area contributed by atoms with Crippen LogP contribution in [-0.2, 0) is 6.54 Å². The van der Waals surface area contributed by atoms with Gasteiger partial charge in [-0.15, -0.1) is 0 Å². The van der Waals surface area contributed by atoms with Gasteiger partial charge in [-0.2, -0.15) is 15.2 Å². The van der Waals surface area contributed by atoms with E-state index in [4.69, 9.17) is 0 Å². The Morgan fingerprint density at radius 3 is 2.89 bits per heavy atom. The van der Waals surface area contributed by atoms with Crippen molar-refractivity contribution in [1.29, 1.82) is 0 Å². The fraction of sp³-hybridized carbons (Fsp3) is 0.333. The number of aromatic amines is 1. The number of aryl methyl sites for hydroxylation is 1. The summed E-state index contributed by atoms with van der Waals surface area (Å²) < 4.78 is 1.87. The fourth-order valence-corrected chi connectivity index (χ4v) is 1.95. The van der Waals surface area contributed by atoms with Crippen molar-refractivity contribution in [3.63, 3.8) is 0 Å². The lowest BCUT2D eigenvalue weighted by Crippen LogP contribution is -2.03. The summed E-state index contributed by atoms with van der Waals surface area (Å²) in [6.45, 7) is 5.66. The maximum absolute atomic E-state index is 4.55. The van der Waals surface area contributed by atoms with Crippen LogP contribution in [-0.4, -0.2) is 36.5 Å². The molecular weight excluding hydrogens is 242 g/mol. The molecule has 7 heteroatoms. The van der Waals surface area contributed by atoms with Gasteiger partial charge in [-0.05, 0) is 13.8 Å². The highest BCUT2D eigenvalue weighted by Crippen LogP contribution is 2.25. The van der Waals surface area contributed by atoms with Gasteiger partial charge in [0.05, 0.1) is 23.5 Å².